The molecule has 1 heterocycles. The van der Waals surface area contributed by atoms with E-state index in [-0.39, 0.29) is 17.4 Å². The zero-order chi connectivity index (χ0) is 21.1. The molecule has 0 saturated carbocycles. The largest absolute Gasteiger partial charge is 0.489 e. The fourth-order valence-electron chi connectivity index (χ4n) is 2.77. The Morgan fingerprint density at radius 1 is 1.00 bits per heavy atom. The van der Waals surface area contributed by atoms with Crippen molar-refractivity contribution < 1.29 is 18.7 Å². The Morgan fingerprint density at radius 2 is 1.80 bits per heavy atom. The van der Waals surface area contributed by atoms with E-state index in [0.717, 1.165) is 11.1 Å². The van der Waals surface area contributed by atoms with E-state index in [1.54, 1.807) is 36.4 Å². The molecule has 0 aliphatic carbocycles. The number of hydrogen-bond acceptors (Lipinski definition) is 4. The lowest BCUT2D eigenvalue weighted by atomic mass is 10.2. The van der Waals surface area contributed by atoms with Crippen LogP contribution in [0.15, 0.2) is 77.4 Å². The molecule has 1 aliphatic heterocycles. The first-order valence-electron chi connectivity index (χ1n) is 8.93. The third-order valence-electron chi connectivity index (χ3n) is 4.26. The van der Waals surface area contributed by atoms with Gasteiger partial charge in [-0.3, -0.25) is 0 Å². The third kappa shape index (κ3) is 4.70. The molecule has 150 valence electrons. The van der Waals surface area contributed by atoms with E-state index < -0.39 is 5.97 Å². The quantitative estimate of drug-likeness (QED) is 0.357. The van der Waals surface area contributed by atoms with Crippen LogP contribution >= 0.6 is 23.2 Å². The average molecular weight is 442 g/mol. The van der Waals surface area contributed by atoms with Gasteiger partial charge in [-0.1, -0.05) is 41.4 Å². The minimum atomic E-state index is -0.573. The van der Waals surface area contributed by atoms with Crippen molar-refractivity contribution in [1.29, 1.82) is 0 Å². The number of ether oxygens (including phenoxy) is 2. The van der Waals surface area contributed by atoms with Crippen molar-refractivity contribution in [2.45, 2.75) is 6.61 Å². The van der Waals surface area contributed by atoms with Crippen LogP contribution in [0, 0.1) is 5.82 Å². The van der Waals surface area contributed by atoms with E-state index in [2.05, 4.69) is 4.99 Å². The van der Waals surface area contributed by atoms with Crippen molar-refractivity contribution in [1.82, 2.24) is 0 Å². The van der Waals surface area contributed by atoms with Crippen LogP contribution in [0.2, 0.25) is 10.0 Å². The predicted octanol–water partition coefficient (Wildman–Crippen LogP) is 6.06. The van der Waals surface area contributed by atoms with Crippen molar-refractivity contribution in [3.8, 4) is 5.75 Å². The predicted molar refractivity (Wildman–Crippen MR) is 114 cm³/mol. The molecular weight excluding hydrogens is 428 g/mol. The van der Waals surface area contributed by atoms with Gasteiger partial charge in [0.2, 0.25) is 5.90 Å². The Bertz CT molecular complexity index is 1170. The van der Waals surface area contributed by atoms with Crippen molar-refractivity contribution in [2.75, 3.05) is 0 Å². The zero-order valence-electron chi connectivity index (χ0n) is 15.4. The number of aliphatic imine (C=N–C) groups is 1. The maximum absolute atomic E-state index is 13.1. The van der Waals surface area contributed by atoms with E-state index in [1.165, 1.54) is 24.3 Å². The molecule has 0 aromatic heterocycles. The lowest BCUT2D eigenvalue weighted by molar-refractivity contribution is -0.129. The topological polar surface area (TPSA) is 47.9 Å². The monoisotopic (exact) mass is 441 g/mol. The lowest BCUT2D eigenvalue weighted by Gasteiger charge is -2.08. The summed E-state index contributed by atoms with van der Waals surface area (Å²) in [6.07, 6.45) is 1.60. The molecule has 3 aromatic rings. The summed E-state index contributed by atoms with van der Waals surface area (Å²) < 4.78 is 24.1. The fraction of sp³-hybridized carbons (Fsp3) is 0.0435. The van der Waals surface area contributed by atoms with E-state index >= 15 is 0 Å². The molecule has 0 radical (unpaired) electrons. The minimum absolute atomic E-state index is 0.137. The second kappa shape index (κ2) is 8.69. The van der Waals surface area contributed by atoms with Gasteiger partial charge in [0.25, 0.3) is 0 Å². The number of carbonyl (C=O) groups excluding carboxylic acids is 1. The molecule has 3 aromatic carbocycles. The number of halogens is 3. The summed E-state index contributed by atoms with van der Waals surface area (Å²) in [5.74, 6) is -0.198. The number of carbonyl (C=O) groups is 1. The minimum Gasteiger partial charge on any atom is -0.489 e. The SMILES string of the molecule is O=C1OC(c2ccc(F)cc2)=N/C1=C\c1cccc(OCc2ccc(Cl)c(Cl)c2)c1. The molecule has 0 N–H and O–H groups in total. The molecule has 0 atom stereocenters. The molecule has 30 heavy (non-hydrogen) atoms. The third-order valence-corrected chi connectivity index (χ3v) is 5.00. The van der Waals surface area contributed by atoms with Gasteiger partial charge in [-0.05, 0) is 65.7 Å². The molecule has 0 spiro atoms. The van der Waals surface area contributed by atoms with Crippen LogP contribution in [0.3, 0.4) is 0 Å². The maximum Gasteiger partial charge on any atom is 0.363 e. The summed E-state index contributed by atoms with van der Waals surface area (Å²) in [4.78, 5) is 16.4. The fourth-order valence-corrected chi connectivity index (χ4v) is 3.09. The van der Waals surface area contributed by atoms with Gasteiger partial charge >= 0.3 is 5.97 Å². The van der Waals surface area contributed by atoms with Gasteiger partial charge in [-0.25, -0.2) is 14.2 Å². The Balaban J connectivity index is 1.50. The van der Waals surface area contributed by atoms with Crippen molar-refractivity contribution in [3.05, 3.63) is 105 Å². The van der Waals surface area contributed by atoms with Gasteiger partial charge in [-0.15, -0.1) is 0 Å². The first-order valence-corrected chi connectivity index (χ1v) is 9.69. The van der Waals surface area contributed by atoms with Crippen LogP contribution in [0.1, 0.15) is 16.7 Å². The first-order chi connectivity index (χ1) is 14.5. The van der Waals surface area contributed by atoms with Crippen LogP contribution in [0.25, 0.3) is 6.08 Å². The average Bonchev–Trinajstić information content (AvgIpc) is 3.10. The first kappa shape index (κ1) is 20.1. The molecule has 4 nitrogen and oxygen atoms in total. The van der Waals surface area contributed by atoms with Gasteiger partial charge in [0.1, 0.15) is 18.2 Å². The molecule has 4 rings (SSSR count). The number of rotatable bonds is 5. The molecule has 0 bridgehead atoms. The van der Waals surface area contributed by atoms with Crippen LogP contribution in [-0.4, -0.2) is 11.9 Å². The lowest BCUT2D eigenvalue weighted by Crippen LogP contribution is -2.05. The Labute approximate surface area is 182 Å². The number of benzene rings is 3. The second-order valence-corrected chi connectivity index (χ2v) is 7.27. The van der Waals surface area contributed by atoms with Crippen LogP contribution in [-0.2, 0) is 16.1 Å². The smallest absolute Gasteiger partial charge is 0.363 e. The summed E-state index contributed by atoms with van der Waals surface area (Å²) in [6.45, 7) is 0.311. The van der Waals surface area contributed by atoms with Crippen molar-refractivity contribution >= 4 is 41.1 Å². The molecule has 0 unspecified atom stereocenters. The Kier molecular flexibility index (Phi) is 5.84. The summed E-state index contributed by atoms with van der Waals surface area (Å²) in [6, 6.07) is 18.1. The molecule has 0 amide bonds. The summed E-state index contributed by atoms with van der Waals surface area (Å²) in [5.41, 5.74) is 2.27. The second-order valence-electron chi connectivity index (χ2n) is 6.45. The van der Waals surface area contributed by atoms with Crippen LogP contribution < -0.4 is 4.74 Å². The Morgan fingerprint density at radius 3 is 2.57 bits per heavy atom. The number of hydrogen-bond donors (Lipinski definition) is 0. The van der Waals surface area contributed by atoms with Gasteiger partial charge in [0.05, 0.1) is 10.0 Å². The van der Waals surface area contributed by atoms with Crippen LogP contribution in [0.4, 0.5) is 4.39 Å². The van der Waals surface area contributed by atoms with Crippen molar-refractivity contribution in [2.24, 2.45) is 4.99 Å². The normalized spacial score (nSPS) is 14.6. The maximum atomic E-state index is 13.1. The molecule has 0 fully saturated rings. The van der Waals surface area contributed by atoms with Gasteiger partial charge in [0.15, 0.2) is 5.70 Å². The highest BCUT2D eigenvalue weighted by Gasteiger charge is 2.24. The summed E-state index contributed by atoms with van der Waals surface area (Å²) in [5, 5.41) is 0.948. The van der Waals surface area contributed by atoms with E-state index in [1.807, 2.05) is 12.1 Å². The van der Waals surface area contributed by atoms with Gasteiger partial charge < -0.3 is 9.47 Å². The van der Waals surface area contributed by atoms with Gasteiger partial charge in [0, 0.05) is 5.56 Å². The molecule has 7 heteroatoms. The van der Waals surface area contributed by atoms with E-state index in [0.29, 0.717) is 28.0 Å². The van der Waals surface area contributed by atoms with E-state index in [4.69, 9.17) is 32.7 Å². The van der Waals surface area contributed by atoms with E-state index in [9.17, 15) is 9.18 Å². The zero-order valence-corrected chi connectivity index (χ0v) is 17.0. The molecule has 0 saturated heterocycles. The molecule has 1 aliphatic rings. The highest BCUT2D eigenvalue weighted by molar-refractivity contribution is 6.42. The van der Waals surface area contributed by atoms with Crippen LogP contribution in [0.5, 0.6) is 5.75 Å². The highest BCUT2D eigenvalue weighted by Crippen LogP contribution is 2.25. The molecular formula is C23H14Cl2FNO3. The van der Waals surface area contributed by atoms with Crippen molar-refractivity contribution in [3.63, 3.8) is 0 Å². The summed E-state index contributed by atoms with van der Waals surface area (Å²) >= 11 is 11.9. The number of esters is 1. The number of nitrogens with zero attached hydrogens (tertiary/aromatic N) is 1. The summed E-state index contributed by atoms with van der Waals surface area (Å²) in [7, 11) is 0. The number of cyclic esters (lactones) is 1. The van der Waals surface area contributed by atoms with Gasteiger partial charge in [-0.2, -0.15) is 0 Å². The standard InChI is InChI=1S/C23H14Cl2FNO3/c24-19-9-4-15(11-20(19)25)13-29-18-3-1-2-14(10-18)12-21-23(28)30-22(27-21)16-5-7-17(26)8-6-16/h1-12H,13H2/b21-12-. The highest BCUT2D eigenvalue weighted by atomic mass is 35.5. The Hall–Kier alpha value is -3.15.